The molecule has 1 N–H and O–H groups in total. The Balaban J connectivity index is 1.10. The number of fused-ring (bicyclic) bond motifs is 4. The van der Waals surface area contributed by atoms with Crippen molar-refractivity contribution in [2.75, 3.05) is 44.2 Å². The van der Waals surface area contributed by atoms with E-state index in [0.717, 1.165) is 80.9 Å². The van der Waals surface area contributed by atoms with E-state index in [-0.39, 0.29) is 5.91 Å². The van der Waals surface area contributed by atoms with E-state index in [1.807, 2.05) is 0 Å². The number of hydrogen-bond acceptors (Lipinski definition) is 4. The van der Waals surface area contributed by atoms with Gasteiger partial charge in [0.25, 0.3) is 0 Å². The van der Waals surface area contributed by atoms with Crippen molar-refractivity contribution in [3.63, 3.8) is 0 Å². The van der Waals surface area contributed by atoms with Crippen LogP contribution in [0.2, 0.25) is 0 Å². The van der Waals surface area contributed by atoms with E-state index < -0.39 is 5.41 Å². The standard InChI is InChI=1S/C34H38N4O/c1-2-20-35-33(39)34(29-14-6-4-12-27(29)28-13-5-7-15-30(28)34)19-9-10-21-37-22-24-38(25-23-37)32-18-17-26-11-3-8-16-31(26)36-32/h3-8,11-18H,2,9-10,19-25H2,1H3,(H,35,39). The first-order valence-corrected chi connectivity index (χ1v) is 14.5. The Bertz CT molecular complexity index is 1410. The third-order valence-electron chi connectivity index (χ3n) is 8.54. The number of para-hydroxylation sites is 1. The molecule has 1 aliphatic carbocycles. The maximum absolute atomic E-state index is 13.9. The Morgan fingerprint density at radius 2 is 1.49 bits per heavy atom. The van der Waals surface area contributed by atoms with Crippen LogP contribution in [0.5, 0.6) is 0 Å². The molecule has 200 valence electrons. The Kier molecular flexibility index (Phi) is 7.34. The van der Waals surface area contributed by atoms with Crippen LogP contribution in [0.4, 0.5) is 5.82 Å². The van der Waals surface area contributed by atoms with Crippen molar-refractivity contribution in [2.24, 2.45) is 0 Å². The molecule has 0 unspecified atom stereocenters. The highest BCUT2D eigenvalue weighted by Crippen LogP contribution is 2.51. The summed E-state index contributed by atoms with van der Waals surface area (Å²) in [5, 5.41) is 4.45. The molecule has 2 aliphatic rings. The number of amides is 1. The van der Waals surface area contributed by atoms with E-state index in [1.54, 1.807) is 0 Å². The number of carbonyl (C=O) groups excluding carboxylic acids is 1. The van der Waals surface area contributed by atoms with Gasteiger partial charge >= 0.3 is 0 Å². The summed E-state index contributed by atoms with van der Waals surface area (Å²) in [4.78, 5) is 23.7. The minimum absolute atomic E-state index is 0.151. The van der Waals surface area contributed by atoms with Crippen LogP contribution in [-0.4, -0.2) is 55.1 Å². The second-order valence-corrected chi connectivity index (χ2v) is 10.9. The molecule has 4 aromatic rings. The highest BCUT2D eigenvalue weighted by molar-refractivity contribution is 6.00. The van der Waals surface area contributed by atoms with Gasteiger partial charge in [-0.3, -0.25) is 9.69 Å². The lowest BCUT2D eigenvalue weighted by atomic mass is 9.73. The number of nitrogens with zero attached hydrogens (tertiary/aromatic N) is 3. The lowest BCUT2D eigenvalue weighted by Crippen LogP contribution is -2.47. The zero-order valence-corrected chi connectivity index (χ0v) is 22.9. The number of anilines is 1. The Morgan fingerprint density at radius 1 is 0.821 bits per heavy atom. The lowest BCUT2D eigenvalue weighted by Gasteiger charge is -2.36. The van der Waals surface area contributed by atoms with Crippen LogP contribution in [0.25, 0.3) is 22.0 Å². The Morgan fingerprint density at radius 3 is 2.21 bits per heavy atom. The number of pyridine rings is 1. The number of aromatic nitrogens is 1. The minimum Gasteiger partial charge on any atom is -0.355 e. The molecule has 1 saturated heterocycles. The topological polar surface area (TPSA) is 48.5 Å². The van der Waals surface area contributed by atoms with Gasteiger partial charge in [0.2, 0.25) is 5.91 Å². The van der Waals surface area contributed by atoms with Gasteiger partial charge < -0.3 is 10.2 Å². The summed E-state index contributed by atoms with van der Waals surface area (Å²) in [6.45, 7) is 7.96. The molecular formula is C34H38N4O. The summed E-state index contributed by atoms with van der Waals surface area (Å²) >= 11 is 0. The summed E-state index contributed by atoms with van der Waals surface area (Å²) in [6, 6.07) is 29.7. The van der Waals surface area contributed by atoms with Crippen molar-refractivity contribution in [1.29, 1.82) is 0 Å². The largest absolute Gasteiger partial charge is 0.355 e. The Hall–Kier alpha value is -3.70. The molecule has 1 aromatic heterocycles. The van der Waals surface area contributed by atoms with Gasteiger partial charge in [0.1, 0.15) is 11.2 Å². The van der Waals surface area contributed by atoms with Crippen LogP contribution >= 0.6 is 0 Å². The van der Waals surface area contributed by atoms with Crippen LogP contribution in [-0.2, 0) is 10.2 Å². The van der Waals surface area contributed by atoms with E-state index in [1.165, 1.54) is 16.5 Å². The summed E-state index contributed by atoms with van der Waals surface area (Å²) in [7, 11) is 0. The molecule has 0 saturated carbocycles. The van der Waals surface area contributed by atoms with Crippen LogP contribution in [0.15, 0.2) is 84.9 Å². The van der Waals surface area contributed by atoms with E-state index >= 15 is 0 Å². The van der Waals surface area contributed by atoms with Gasteiger partial charge in [0.15, 0.2) is 0 Å². The first-order valence-electron chi connectivity index (χ1n) is 14.5. The van der Waals surface area contributed by atoms with E-state index in [0.29, 0.717) is 6.54 Å². The SMILES string of the molecule is CCCNC(=O)C1(CCCCN2CCN(c3ccc4ccccc4n3)CC2)c2ccccc2-c2ccccc21. The lowest BCUT2D eigenvalue weighted by molar-refractivity contribution is -0.125. The summed E-state index contributed by atoms with van der Waals surface area (Å²) in [5.41, 5.74) is 5.19. The zero-order valence-electron chi connectivity index (χ0n) is 22.9. The highest BCUT2D eigenvalue weighted by atomic mass is 16.2. The van der Waals surface area contributed by atoms with Crippen molar-refractivity contribution in [3.05, 3.63) is 96.1 Å². The zero-order chi connectivity index (χ0) is 26.7. The van der Waals surface area contributed by atoms with Gasteiger partial charge in [-0.1, -0.05) is 80.1 Å². The molecule has 1 fully saturated rings. The van der Waals surface area contributed by atoms with Crippen LogP contribution in [0.3, 0.4) is 0 Å². The number of nitrogens with one attached hydrogen (secondary N) is 1. The van der Waals surface area contributed by atoms with Gasteiger partial charge in [0, 0.05) is 38.1 Å². The average molecular weight is 519 g/mol. The normalized spacial score (nSPS) is 16.2. The molecule has 39 heavy (non-hydrogen) atoms. The maximum Gasteiger partial charge on any atom is 0.235 e. The number of hydrogen-bond donors (Lipinski definition) is 1. The number of piperazine rings is 1. The third-order valence-corrected chi connectivity index (χ3v) is 8.54. The predicted molar refractivity (Wildman–Crippen MR) is 160 cm³/mol. The number of carbonyl (C=O) groups is 1. The second-order valence-electron chi connectivity index (χ2n) is 10.9. The van der Waals surface area contributed by atoms with Gasteiger partial charge in [-0.05, 0) is 66.3 Å². The predicted octanol–water partition coefficient (Wildman–Crippen LogP) is 6.02. The van der Waals surface area contributed by atoms with Gasteiger partial charge in [-0.2, -0.15) is 0 Å². The highest BCUT2D eigenvalue weighted by Gasteiger charge is 2.48. The van der Waals surface area contributed by atoms with Gasteiger partial charge in [-0.25, -0.2) is 4.98 Å². The van der Waals surface area contributed by atoms with Gasteiger partial charge in [-0.15, -0.1) is 0 Å². The average Bonchev–Trinajstić information content (AvgIpc) is 3.29. The molecule has 5 nitrogen and oxygen atoms in total. The molecule has 5 heteroatoms. The first kappa shape index (κ1) is 25.6. The summed E-state index contributed by atoms with van der Waals surface area (Å²) in [5.74, 6) is 1.23. The number of unbranched alkanes of at least 4 members (excludes halogenated alkanes) is 1. The first-order chi connectivity index (χ1) is 19.2. The molecule has 3 aromatic carbocycles. The third kappa shape index (κ3) is 4.80. The monoisotopic (exact) mass is 518 g/mol. The number of rotatable bonds is 9. The molecule has 2 heterocycles. The van der Waals surface area contributed by atoms with E-state index in [9.17, 15) is 4.79 Å². The molecule has 0 atom stereocenters. The van der Waals surface area contributed by atoms with Crippen molar-refractivity contribution in [1.82, 2.24) is 15.2 Å². The molecule has 1 aliphatic heterocycles. The molecule has 0 bridgehead atoms. The fourth-order valence-electron chi connectivity index (χ4n) is 6.50. The van der Waals surface area contributed by atoms with Crippen molar-refractivity contribution in [3.8, 4) is 11.1 Å². The molecular weight excluding hydrogens is 480 g/mol. The van der Waals surface area contributed by atoms with Crippen molar-refractivity contribution >= 4 is 22.6 Å². The summed E-state index contributed by atoms with van der Waals surface area (Å²) in [6.07, 6.45) is 3.86. The van der Waals surface area contributed by atoms with E-state index in [2.05, 4.69) is 107 Å². The minimum atomic E-state index is -0.608. The fourth-order valence-corrected chi connectivity index (χ4v) is 6.50. The van der Waals surface area contributed by atoms with Crippen molar-refractivity contribution < 1.29 is 4.79 Å². The molecule has 6 rings (SSSR count). The van der Waals surface area contributed by atoms with Crippen LogP contribution < -0.4 is 10.2 Å². The van der Waals surface area contributed by atoms with Crippen LogP contribution in [0, 0.1) is 0 Å². The maximum atomic E-state index is 13.9. The van der Waals surface area contributed by atoms with E-state index in [4.69, 9.17) is 4.98 Å². The fraction of sp³-hybridized carbons (Fsp3) is 0.353. The number of benzene rings is 3. The quantitative estimate of drug-likeness (QED) is 0.275. The molecule has 1 amide bonds. The van der Waals surface area contributed by atoms with Crippen LogP contribution in [0.1, 0.15) is 43.7 Å². The molecule has 0 radical (unpaired) electrons. The smallest absolute Gasteiger partial charge is 0.235 e. The summed E-state index contributed by atoms with van der Waals surface area (Å²) < 4.78 is 0. The second kappa shape index (κ2) is 11.2. The Labute approximate surface area is 231 Å². The van der Waals surface area contributed by atoms with Crippen molar-refractivity contribution in [2.45, 2.75) is 38.0 Å². The molecule has 0 spiro atoms. The van der Waals surface area contributed by atoms with Gasteiger partial charge in [0.05, 0.1) is 5.52 Å².